The number of carboxylic acids is 1. The number of benzene rings is 1. The molecular formula is C19H25ClN2O3. The van der Waals surface area contributed by atoms with E-state index in [4.69, 9.17) is 16.7 Å². The van der Waals surface area contributed by atoms with Crippen LogP contribution in [-0.2, 0) is 4.79 Å². The summed E-state index contributed by atoms with van der Waals surface area (Å²) in [5, 5.41) is 15.9. The highest BCUT2D eigenvalue weighted by atomic mass is 35.5. The lowest BCUT2D eigenvalue weighted by atomic mass is 9.86. The molecule has 2 aliphatic carbocycles. The summed E-state index contributed by atoms with van der Waals surface area (Å²) < 4.78 is 0. The number of hydrogen-bond acceptors (Lipinski definition) is 2. The average Bonchev–Trinajstić information content (AvgIpc) is 3.30. The number of rotatable bonds is 5. The predicted octanol–water partition coefficient (Wildman–Crippen LogP) is 3.98. The second-order valence-corrected chi connectivity index (χ2v) is 7.85. The van der Waals surface area contributed by atoms with Crippen molar-refractivity contribution in [2.45, 2.75) is 51.1 Å². The molecule has 3 N–H and O–H groups in total. The van der Waals surface area contributed by atoms with Crippen LogP contribution in [0.1, 0.15) is 50.6 Å². The Balaban J connectivity index is 1.56. The molecule has 3 atom stereocenters. The normalized spacial score (nSPS) is 29.5. The Morgan fingerprint density at radius 1 is 1.16 bits per heavy atom. The molecule has 0 heterocycles. The van der Waals surface area contributed by atoms with E-state index in [1.54, 1.807) is 0 Å². The fourth-order valence-corrected chi connectivity index (χ4v) is 3.90. The highest BCUT2D eigenvalue weighted by Gasteiger charge is 2.41. The molecule has 1 aromatic carbocycles. The van der Waals surface area contributed by atoms with Gasteiger partial charge in [0.05, 0.1) is 12.0 Å². The number of carbonyl (C=O) groups is 2. The summed E-state index contributed by atoms with van der Waals surface area (Å²) in [6.07, 6.45) is 3.80. The highest BCUT2D eigenvalue weighted by Crippen LogP contribution is 2.47. The van der Waals surface area contributed by atoms with E-state index in [0.717, 1.165) is 24.8 Å². The van der Waals surface area contributed by atoms with Crippen LogP contribution >= 0.6 is 11.6 Å². The van der Waals surface area contributed by atoms with E-state index in [0.29, 0.717) is 29.7 Å². The Bertz CT molecular complexity index is 626. The Morgan fingerprint density at radius 3 is 2.28 bits per heavy atom. The van der Waals surface area contributed by atoms with Gasteiger partial charge < -0.3 is 15.7 Å². The van der Waals surface area contributed by atoms with E-state index in [9.17, 15) is 9.59 Å². The van der Waals surface area contributed by atoms with Crippen molar-refractivity contribution in [3.8, 4) is 0 Å². The molecule has 0 bridgehead atoms. The smallest absolute Gasteiger partial charge is 0.315 e. The van der Waals surface area contributed by atoms with Crippen molar-refractivity contribution in [1.82, 2.24) is 10.6 Å². The van der Waals surface area contributed by atoms with Crippen molar-refractivity contribution in [2.24, 2.45) is 17.8 Å². The molecule has 2 aliphatic rings. The first kappa shape index (κ1) is 18.1. The molecule has 0 radical (unpaired) electrons. The van der Waals surface area contributed by atoms with E-state index in [2.05, 4.69) is 17.6 Å². The number of carboxylic acid groups (broad SMARTS) is 1. The number of amides is 2. The van der Waals surface area contributed by atoms with Crippen molar-refractivity contribution in [2.75, 3.05) is 0 Å². The summed E-state index contributed by atoms with van der Waals surface area (Å²) in [4.78, 5) is 23.5. The van der Waals surface area contributed by atoms with Gasteiger partial charge in [-0.1, -0.05) is 30.7 Å². The Morgan fingerprint density at radius 2 is 1.76 bits per heavy atom. The summed E-state index contributed by atoms with van der Waals surface area (Å²) in [5.41, 5.74) is 1.07. The zero-order chi connectivity index (χ0) is 18.0. The summed E-state index contributed by atoms with van der Waals surface area (Å²) in [7, 11) is 0. The minimum absolute atomic E-state index is 0.0115. The summed E-state index contributed by atoms with van der Waals surface area (Å²) in [5.74, 6) is 0.0605. The molecule has 0 spiro atoms. The first-order valence-corrected chi connectivity index (χ1v) is 9.37. The molecule has 2 fully saturated rings. The number of halogens is 1. The van der Waals surface area contributed by atoms with Gasteiger partial charge in [-0.15, -0.1) is 0 Å². The fraction of sp³-hybridized carbons (Fsp3) is 0.579. The molecule has 3 rings (SSSR count). The van der Waals surface area contributed by atoms with Crippen LogP contribution in [0.15, 0.2) is 24.3 Å². The van der Waals surface area contributed by atoms with Gasteiger partial charge in [0.2, 0.25) is 0 Å². The maximum atomic E-state index is 12.5. The minimum atomic E-state index is -0.728. The predicted molar refractivity (Wildman–Crippen MR) is 96.5 cm³/mol. The topological polar surface area (TPSA) is 78.4 Å². The number of urea groups is 1. The van der Waals surface area contributed by atoms with Crippen LogP contribution in [0.4, 0.5) is 4.79 Å². The standard InChI is InChI=1S/C19H25ClN2O3/c1-11-10-16(11)17(12-2-6-14(20)7-3-12)22-19(25)21-15-8-4-13(5-9-15)18(23)24/h2-3,6-7,11,13,15-17H,4-5,8-10H2,1H3,(H,23,24)(H2,21,22,25). The van der Waals surface area contributed by atoms with Gasteiger partial charge in [0.1, 0.15) is 0 Å². The monoisotopic (exact) mass is 364 g/mol. The molecule has 136 valence electrons. The van der Waals surface area contributed by atoms with Gasteiger partial charge in [0, 0.05) is 11.1 Å². The van der Waals surface area contributed by atoms with Crippen LogP contribution < -0.4 is 10.6 Å². The Labute approximate surface area is 153 Å². The lowest BCUT2D eigenvalue weighted by molar-refractivity contribution is -0.142. The molecule has 1 aromatic rings. The van der Waals surface area contributed by atoms with Gasteiger partial charge in [0.25, 0.3) is 0 Å². The number of hydrogen-bond donors (Lipinski definition) is 3. The summed E-state index contributed by atoms with van der Waals surface area (Å²) in [6.45, 7) is 2.19. The zero-order valence-corrected chi connectivity index (χ0v) is 15.1. The average molecular weight is 365 g/mol. The van der Waals surface area contributed by atoms with Crippen molar-refractivity contribution in [3.63, 3.8) is 0 Å². The molecule has 5 nitrogen and oxygen atoms in total. The van der Waals surface area contributed by atoms with Gasteiger partial charge in [-0.25, -0.2) is 4.79 Å². The van der Waals surface area contributed by atoms with Crippen molar-refractivity contribution in [3.05, 3.63) is 34.9 Å². The van der Waals surface area contributed by atoms with Gasteiger partial charge in [-0.05, 0) is 61.6 Å². The van der Waals surface area contributed by atoms with E-state index in [1.807, 2.05) is 24.3 Å². The number of carbonyl (C=O) groups excluding carboxylic acids is 1. The Kier molecular flexibility index (Phi) is 5.52. The zero-order valence-electron chi connectivity index (χ0n) is 14.4. The second-order valence-electron chi connectivity index (χ2n) is 7.41. The van der Waals surface area contributed by atoms with Crippen molar-refractivity contribution < 1.29 is 14.7 Å². The van der Waals surface area contributed by atoms with E-state index < -0.39 is 5.97 Å². The molecule has 2 amide bonds. The largest absolute Gasteiger partial charge is 0.481 e. The lowest BCUT2D eigenvalue weighted by Gasteiger charge is -2.28. The number of aliphatic carboxylic acids is 1. The highest BCUT2D eigenvalue weighted by molar-refractivity contribution is 6.30. The molecular weight excluding hydrogens is 340 g/mol. The van der Waals surface area contributed by atoms with Gasteiger partial charge >= 0.3 is 12.0 Å². The SMILES string of the molecule is CC1CC1C(NC(=O)NC1CCC(C(=O)O)CC1)c1ccc(Cl)cc1. The third-order valence-electron chi connectivity index (χ3n) is 5.53. The Hall–Kier alpha value is -1.75. The van der Waals surface area contributed by atoms with E-state index in [1.165, 1.54) is 0 Å². The molecule has 6 heteroatoms. The molecule has 0 aromatic heterocycles. The van der Waals surface area contributed by atoms with Gasteiger partial charge in [-0.3, -0.25) is 4.79 Å². The molecule has 0 aliphatic heterocycles. The maximum Gasteiger partial charge on any atom is 0.315 e. The minimum Gasteiger partial charge on any atom is -0.481 e. The molecule has 0 saturated heterocycles. The number of nitrogens with one attached hydrogen (secondary N) is 2. The summed E-state index contributed by atoms with van der Waals surface area (Å²) in [6, 6.07) is 7.51. The van der Waals surface area contributed by atoms with Crippen LogP contribution in [0.3, 0.4) is 0 Å². The lowest BCUT2D eigenvalue weighted by Crippen LogP contribution is -2.45. The van der Waals surface area contributed by atoms with Crippen LogP contribution in [0.25, 0.3) is 0 Å². The van der Waals surface area contributed by atoms with Crippen LogP contribution in [-0.4, -0.2) is 23.1 Å². The first-order valence-electron chi connectivity index (χ1n) is 8.99. The van der Waals surface area contributed by atoms with E-state index >= 15 is 0 Å². The van der Waals surface area contributed by atoms with Crippen LogP contribution in [0.2, 0.25) is 5.02 Å². The fourth-order valence-electron chi connectivity index (χ4n) is 3.78. The molecule has 3 unspecified atom stereocenters. The van der Waals surface area contributed by atoms with Crippen LogP contribution in [0, 0.1) is 17.8 Å². The third kappa shape index (κ3) is 4.66. The van der Waals surface area contributed by atoms with Gasteiger partial charge in [0.15, 0.2) is 0 Å². The first-order chi connectivity index (χ1) is 11.9. The molecule has 2 saturated carbocycles. The van der Waals surface area contributed by atoms with Gasteiger partial charge in [-0.2, -0.15) is 0 Å². The van der Waals surface area contributed by atoms with E-state index in [-0.39, 0.29) is 24.0 Å². The molecule has 25 heavy (non-hydrogen) atoms. The summed E-state index contributed by atoms with van der Waals surface area (Å²) >= 11 is 5.97. The maximum absolute atomic E-state index is 12.5. The second kappa shape index (κ2) is 7.65. The quantitative estimate of drug-likeness (QED) is 0.739. The van der Waals surface area contributed by atoms with Crippen LogP contribution in [0.5, 0.6) is 0 Å². The third-order valence-corrected chi connectivity index (χ3v) is 5.78. The van der Waals surface area contributed by atoms with Crippen molar-refractivity contribution >= 4 is 23.6 Å². The van der Waals surface area contributed by atoms with Crippen molar-refractivity contribution in [1.29, 1.82) is 0 Å².